The van der Waals surface area contributed by atoms with Crippen molar-refractivity contribution in [1.82, 2.24) is 9.78 Å². The van der Waals surface area contributed by atoms with Crippen molar-refractivity contribution in [2.45, 2.75) is 13.2 Å². The minimum Gasteiger partial charge on any atom is -0.486 e. The molecule has 0 radical (unpaired) electrons. The molecular formula is C24H19ClFN3O5. The highest BCUT2D eigenvalue weighted by Crippen LogP contribution is 2.21. The smallest absolute Gasteiger partial charge is 0.337 e. The van der Waals surface area contributed by atoms with Crippen LogP contribution in [0, 0.1) is 5.82 Å². The number of anilines is 1. The van der Waals surface area contributed by atoms with Crippen molar-refractivity contribution in [3.05, 3.63) is 100 Å². The average molecular weight is 484 g/mol. The van der Waals surface area contributed by atoms with Gasteiger partial charge in [0.1, 0.15) is 23.9 Å². The first-order chi connectivity index (χ1) is 16.4. The fourth-order valence-corrected chi connectivity index (χ4v) is 3.30. The van der Waals surface area contributed by atoms with Crippen LogP contribution in [0.1, 0.15) is 32.2 Å². The Labute approximate surface area is 198 Å². The highest BCUT2D eigenvalue weighted by Gasteiger charge is 2.14. The van der Waals surface area contributed by atoms with Crippen molar-refractivity contribution in [3.8, 4) is 5.75 Å². The summed E-state index contributed by atoms with van der Waals surface area (Å²) in [5.41, 5.74) is 0.715. The Balaban J connectivity index is 1.33. The van der Waals surface area contributed by atoms with Gasteiger partial charge in [-0.05, 0) is 48.5 Å². The number of carbonyl (C=O) groups excluding carboxylic acids is 2. The number of nitrogens with zero attached hydrogens (tertiary/aromatic N) is 2. The van der Waals surface area contributed by atoms with Gasteiger partial charge in [0.05, 0.1) is 19.2 Å². The standard InChI is InChI=1S/C24H19ClFN3O5/c1-32-24(31)15-5-7-16(8-6-15)33-14-17-9-10-21(34-17)23(30)27-22-11-12-29(28-22)13-18-19(25)3-2-4-20(18)26/h2-12H,13-14H2,1H3,(H,27,28,30). The van der Waals surface area contributed by atoms with Gasteiger partial charge in [-0.3, -0.25) is 9.48 Å². The lowest BCUT2D eigenvalue weighted by atomic mass is 10.2. The van der Waals surface area contributed by atoms with Gasteiger partial charge < -0.3 is 19.2 Å². The number of esters is 1. The van der Waals surface area contributed by atoms with E-state index in [1.165, 1.54) is 30.0 Å². The molecule has 0 fully saturated rings. The van der Waals surface area contributed by atoms with Crippen LogP contribution < -0.4 is 10.1 Å². The zero-order valence-corrected chi connectivity index (χ0v) is 18.7. The fraction of sp³-hybridized carbons (Fsp3) is 0.125. The maximum Gasteiger partial charge on any atom is 0.337 e. The van der Waals surface area contributed by atoms with Gasteiger partial charge >= 0.3 is 5.97 Å². The number of amides is 1. The summed E-state index contributed by atoms with van der Waals surface area (Å²) in [4.78, 5) is 24.0. The van der Waals surface area contributed by atoms with E-state index in [0.29, 0.717) is 27.7 Å². The van der Waals surface area contributed by atoms with E-state index in [1.807, 2.05) is 0 Å². The third kappa shape index (κ3) is 5.44. The lowest BCUT2D eigenvalue weighted by Crippen LogP contribution is -2.12. The number of hydrogen-bond donors (Lipinski definition) is 1. The molecule has 2 aromatic carbocycles. The van der Waals surface area contributed by atoms with Crippen LogP contribution in [-0.2, 0) is 17.9 Å². The van der Waals surface area contributed by atoms with Gasteiger partial charge in [0.25, 0.3) is 5.91 Å². The molecule has 0 aliphatic rings. The largest absolute Gasteiger partial charge is 0.486 e. The van der Waals surface area contributed by atoms with Gasteiger partial charge in [-0.15, -0.1) is 0 Å². The maximum absolute atomic E-state index is 14.0. The minimum atomic E-state index is -0.497. The molecule has 174 valence electrons. The summed E-state index contributed by atoms with van der Waals surface area (Å²) in [5, 5.41) is 7.15. The number of ether oxygens (including phenoxy) is 2. The summed E-state index contributed by atoms with van der Waals surface area (Å²) in [6.45, 7) is 0.201. The Morgan fingerprint density at radius 1 is 1.12 bits per heavy atom. The normalized spacial score (nSPS) is 10.7. The molecule has 0 atom stereocenters. The van der Waals surface area contributed by atoms with Crippen LogP contribution in [0.25, 0.3) is 0 Å². The number of aromatic nitrogens is 2. The second kappa shape index (κ2) is 10.2. The van der Waals surface area contributed by atoms with Crippen LogP contribution in [-0.4, -0.2) is 28.8 Å². The highest BCUT2D eigenvalue weighted by atomic mass is 35.5. The van der Waals surface area contributed by atoms with E-state index in [4.69, 9.17) is 20.8 Å². The summed E-state index contributed by atoms with van der Waals surface area (Å²) in [5.74, 6) is -0.0588. The number of methoxy groups -OCH3 is 1. The predicted octanol–water partition coefficient (Wildman–Crippen LogP) is 4.93. The van der Waals surface area contributed by atoms with Crippen molar-refractivity contribution in [3.63, 3.8) is 0 Å². The summed E-state index contributed by atoms with van der Waals surface area (Å²) < 4.78 is 31.2. The van der Waals surface area contributed by atoms with E-state index >= 15 is 0 Å². The van der Waals surface area contributed by atoms with Gasteiger partial charge in [-0.25, -0.2) is 9.18 Å². The predicted molar refractivity (Wildman–Crippen MR) is 122 cm³/mol. The average Bonchev–Trinajstić information content (AvgIpc) is 3.49. The third-order valence-corrected chi connectivity index (χ3v) is 5.16. The second-order valence-corrected chi connectivity index (χ2v) is 7.53. The summed E-state index contributed by atoms with van der Waals surface area (Å²) in [6, 6.07) is 15.6. The van der Waals surface area contributed by atoms with Gasteiger partial charge in [0.15, 0.2) is 11.6 Å². The lowest BCUT2D eigenvalue weighted by Gasteiger charge is -2.06. The van der Waals surface area contributed by atoms with E-state index in [1.54, 1.807) is 48.7 Å². The molecule has 34 heavy (non-hydrogen) atoms. The molecule has 0 aliphatic heterocycles. The fourth-order valence-electron chi connectivity index (χ4n) is 3.08. The van der Waals surface area contributed by atoms with Crippen LogP contribution in [0.2, 0.25) is 5.02 Å². The molecule has 0 saturated heterocycles. The van der Waals surface area contributed by atoms with E-state index < -0.39 is 17.7 Å². The van der Waals surface area contributed by atoms with Gasteiger partial charge in [-0.1, -0.05) is 17.7 Å². The van der Waals surface area contributed by atoms with Crippen LogP contribution >= 0.6 is 11.6 Å². The molecule has 4 rings (SSSR count). The molecule has 0 saturated carbocycles. The Morgan fingerprint density at radius 3 is 2.65 bits per heavy atom. The molecule has 1 amide bonds. The van der Waals surface area contributed by atoms with Gasteiger partial charge in [-0.2, -0.15) is 5.10 Å². The lowest BCUT2D eigenvalue weighted by molar-refractivity contribution is 0.0600. The Kier molecular flexibility index (Phi) is 6.93. The van der Waals surface area contributed by atoms with E-state index in [2.05, 4.69) is 15.2 Å². The number of nitrogens with one attached hydrogen (secondary N) is 1. The Bertz CT molecular complexity index is 1300. The second-order valence-electron chi connectivity index (χ2n) is 7.12. The van der Waals surface area contributed by atoms with Crippen LogP contribution in [0.4, 0.5) is 10.2 Å². The van der Waals surface area contributed by atoms with Crippen molar-refractivity contribution in [2.75, 3.05) is 12.4 Å². The van der Waals surface area contributed by atoms with Crippen molar-refractivity contribution in [1.29, 1.82) is 0 Å². The summed E-state index contributed by atoms with van der Waals surface area (Å²) in [6.07, 6.45) is 1.60. The third-order valence-electron chi connectivity index (χ3n) is 4.81. The number of halogens is 2. The highest BCUT2D eigenvalue weighted by molar-refractivity contribution is 6.31. The number of hydrogen-bond acceptors (Lipinski definition) is 6. The first kappa shape index (κ1) is 23.1. The van der Waals surface area contributed by atoms with E-state index in [-0.39, 0.29) is 24.7 Å². The number of benzene rings is 2. The quantitative estimate of drug-likeness (QED) is 0.357. The number of furan rings is 1. The van der Waals surface area contributed by atoms with Gasteiger partial charge in [0.2, 0.25) is 0 Å². The summed E-state index contributed by atoms with van der Waals surface area (Å²) >= 11 is 6.05. The molecule has 2 heterocycles. The first-order valence-corrected chi connectivity index (χ1v) is 10.5. The minimum absolute atomic E-state index is 0.0753. The molecule has 4 aromatic rings. The number of carbonyl (C=O) groups is 2. The van der Waals surface area contributed by atoms with E-state index in [9.17, 15) is 14.0 Å². The zero-order chi connectivity index (χ0) is 24.1. The topological polar surface area (TPSA) is 95.6 Å². The Hall–Kier alpha value is -4.11. The molecule has 10 heteroatoms. The molecule has 2 aromatic heterocycles. The zero-order valence-electron chi connectivity index (χ0n) is 18.0. The SMILES string of the molecule is COC(=O)c1ccc(OCc2ccc(C(=O)Nc3ccn(Cc4c(F)cccc4Cl)n3)o2)cc1. The van der Waals surface area contributed by atoms with Crippen LogP contribution in [0.5, 0.6) is 5.75 Å². The first-order valence-electron chi connectivity index (χ1n) is 10.1. The maximum atomic E-state index is 14.0. The molecule has 0 bridgehead atoms. The van der Waals surface area contributed by atoms with Crippen molar-refractivity contribution >= 4 is 29.3 Å². The monoisotopic (exact) mass is 483 g/mol. The van der Waals surface area contributed by atoms with Crippen molar-refractivity contribution < 1.29 is 27.9 Å². The molecule has 0 aliphatic carbocycles. The van der Waals surface area contributed by atoms with Crippen LogP contribution in [0.15, 0.2) is 71.3 Å². The molecule has 0 unspecified atom stereocenters. The molecular weight excluding hydrogens is 465 g/mol. The molecule has 8 nitrogen and oxygen atoms in total. The number of rotatable bonds is 8. The van der Waals surface area contributed by atoms with E-state index in [0.717, 1.165) is 0 Å². The van der Waals surface area contributed by atoms with Crippen LogP contribution in [0.3, 0.4) is 0 Å². The summed E-state index contributed by atoms with van der Waals surface area (Å²) in [7, 11) is 1.31. The Morgan fingerprint density at radius 2 is 1.91 bits per heavy atom. The molecule has 1 N–H and O–H groups in total. The van der Waals surface area contributed by atoms with Gasteiger partial charge in [0, 0.05) is 22.8 Å². The molecule has 0 spiro atoms. The van der Waals surface area contributed by atoms with Crippen molar-refractivity contribution in [2.24, 2.45) is 0 Å².